The van der Waals surface area contributed by atoms with Crippen LogP contribution in [0.15, 0.2) is 42.5 Å². The fraction of sp³-hybridized carbons (Fsp3) is 0.227. The Kier molecular flexibility index (Phi) is 6.02. The van der Waals surface area contributed by atoms with E-state index in [4.69, 9.17) is 18.9 Å². The van der Waals surface area contributed by atoms with Crippen molar-refractivity contribution in [2.24, 2.45) is 0 Å². The highest BCUT2D eigenvalue weighted by Crippen LogP contribution is 2.40. The Hall–Kier alpha value is -4.01. The van der Waals surface area contributed by atoms with Crippen LogP contribution in [0.1, 0.15) is 11.4 Å². The molecule has 2 heterocycles. The summed E-state index contributed by atoms with van der Waals surface area (Å²) < 4.78 is 21.7. The van der Waals surface area contributed by atoms with Gasteiger partial charge >= 0.3 is 0 Å². The minimum Gasteiger partial charge on any atom is -0.497 e. The number of amides is 1. The standard InChI is InChI=1S/C22H22N4O5/c1-28-16-6-4-15(5-7-16)22-24-19(25-26-22)13-23-20(27)8-3-14-11-17(29-2)21-18(12-14)30-9-10-31-21/h3-8,11-12H,9-10,13H2,1-2H3,(H,23,27)(H,24,25,26)/b8-3+. The Morgan fingerprint density at radius 1 is 1.16 bits per heavy atom. The smallest absolute Gasteiger partial charge is 0.244 e. The van der Waals surface area contributed by atoms with Crippen LogP contribution in [0.3, 0.4) is 0 Å². The molecule has 1 amide bonds. The summed E-state index contributed by atoms with van der Waals surface area (Å²) in [7, 11) is 3.17. The molecular formula is C22H22N4O5. The molecular weight excluding hydrogens is 400 g/mol. The summed E-state index contributed by atoms with van der Waals surface area (Å²) in [6, 6.07) is 11.0. The zero-order valence-corrected chi connectivity index (χ0v) is 17.2. The summed E-state index contributed by atoms with van der Waals surface area (Å²) in [5, 5.41) is 9.80. The second-order valence-corrected chi connectivity index (χ2v) is 6.63. The molecule has 0 saturated carbocycles. The zero-order chi connectivity index (χ0) is 21.6. The minimum atomic E-state index is -0.267. The molecule has 0 atom stereocenters. The summed E-state index contributed by atoms with van der Waals surface area (Å²) in [6.07, 6.45) is 3.12. The normalized spacial score (nSPS) is 12.6. The van der Waals surface area contributed by atoms with Gasteiger partial charge in [-0.05, 0) is 48.0 Å². The van der Waals surface area contributed by atoms with Gasteiger partial charge in [0.2, 0.25) is 11.7 Å². The number of ether oxygens (including phenoxy) is 4. The van der Waals surface area contributed by atoms with E-state index in [-0.39, 0.29) is 12.5 Å². The van der Waals surface area contributed by atoms with Gasteiger partial charge in [-0.2, -0.15) is 5.10 Å². The van der Waals surface area contributed by atoms with Gasteiger partial charge in [0.25, 0.3) is 0 Å². The van der Waals surface area contributed by atoms with Gasteiger partial charge in [0.15, 0.2) is 17.3 Å². The zero-order valence-electron chi connectivity index (χ0n) is 17.2. The molecule has 9 heteroatoms. The molecule has 160 valence electrons. The SMILES string of the molecule is COc1ccc(-c2n[nH]c(CNC(=O)/C=C/c3cc(OC)c4c(c3)OCCO4)n2)cc1. The maximum atomic E-state index is 12.2. The summed E-state index contributed by atoms with van der Waals surface area (Å²) in [5.41, 5.74) is 1.61. The van der Waals surface area contributed by atoms with Crippen LogP contribution in [0.25, 0.3) is 17.5 Å². The Labute approximate surface area is 179 Å². The van der Waals surface area contributed by atoms with Gasteiger partial charge in [0.1, 0.15) is 24.8 Å². The number of nitrogens with zero attached hydrogens (tertiary/aromatic N) is 2. The number of aromatic nitrogens is 3. The Balaban J connectivity index is 1.36. The topological polar surface area (TPSA) is 108 Å². The highest BCUT2D eigenvalue weighted by atomic mass is 16.6. The first kappa shape index (κ1) is 20.3. The van der Waals surface area contributed by atoms with Crippen LogP contribution in [-0.4, -0.2) is 48.5 Å². The van der Waals surface area contributed by atoms with Gasteiger partial charge < -0.3 is 24.3 Å². The number of hydrogen-bond donors (Lipinski definition) is 2. The van der Waals surface area contributed by atoms with Gasteiger partial charge in [-0.3, -0.25) is 9.89 Å². The Morgan fingerprint density at radius 3 is 2.74 bits per heavy atom. The Morgan fingerprint density at radius 2 is 1.97 bits per heavy atom. The van der Waals surface area contributed by atoms with E-state index >= 15 is 0 Å². The maximum Gasteiger partial charge on any atom is 0.244 e. The van der Waals surface area contributed by atoms with Gasteiger partial charge in [0.05, 0.1) is 20.8 Å². The summed E-state index contributed by atoms with van der Waals surface area (Å²) in [5.74, 6) is 3.32. The fourth-order valence-corrected chi connectivity index (χ4v) is 3.03. The van der Waals surface area contributed by atoms with Gasteiger partial charge in [-0.1, -0.05) is 0 Å². The largest absolute Gasteiger partial charge is 0.497 e. The molecule has 1 aliphatic rings. The predicted octanol–water partition coefficient (Wildman–Crippen LogP) is 2.59. The molecule has 0 spiro atoms. The molecule has 2 N–H and O–H groups in total. The van der Waals surface area contributed by atoms with Crippen molar-refractivity contribution >= 4 is 12.0 Å². The molecule has 4 rings (SSSR count). The molecule has 9 nitrogen and oxygen atoms in total. The van der Waals surface area contributed by atoms with Crippen molar-refractivity contribution in [3.05, 3.63) is 53.9 Å². The maximum absolute atomic E-state index is 12.2. The van der Waals surface area contributed by atoms with E-state index < -0.39 is 0 Å². The van der Waals surface area contributed by atoms with Gasteiger partial charge in [-0.15, -0.1) is 0 Å². The number of carbonyl (C=O) groups excluding carboxylic acids is 1. The number of fused-ring (bicyclic) bond motifs is 1. The Bertz CT molecular complexity index is 1070. The quantitative estimate of drug-likeness (QED) is 0.564. The van der Waals surface area contributed by atoms with Crippen LogP contribution in [-0.2, 0) is 11.3 Å². The van der Waals surface area contributed by atoms with Crippen molar-refractivity contribution in [3.63, 3.8) is 0 Å². The average Bonchev–Trinajstić information content (AvgIpc) is 3.30. The van der Waals surface area contributed by atoms with E-state index in [2.05, 4.69) is 20.5 Å². The number of carbonyl (C=O) groups is 1. The summed E-state index contributed by atoms with van der Waals surface area (Å²) in [4.78, 5) is 16.6. The molecule has 2 aromatic carbocycles. The monoisotopic (exact) mass is 422 g/mol. The number of aromatic amines is 1. The molecule has 0 fully saturated rings. The average molecular weight is 422 g/mol. The number of nitrogens with one attached hydrogen (secondary N) is 2. The third kappa shape index (κ3) is 4.77. The lowest BCUT2D eigenvalue weighted by Crippen LogP contribution is -2.21. The van der Waals surface area contributed by atoms with Crippen molar-refractivity contribution in [3.8, 4) is 34.4 Å². The van der Waals surface area contributed by atoms with Crippen LogP contribution < -0.4 is 24.3 Å². The first-order valence-electron chi connectivity index (χ1n) is 9.65. The first-order chi connectivity index (χ1) is 15.2. The van der Waals surface area contributed by atoms with E-state index in [9.17, 15) is 4.79 Å². The predicted molar refractivity (Wildman–Crippen MR) is 113 cm³/mol. The molecule has 0 bridgehead atoms. The minimum absolute atomic E-state index is 0.219. The van der Waals surface area contributed by atoms with Crippen molar-refractivity contribution in [2.45, 2.75) is 6.54 Å². The molecule has 0 radical (unpaired) electrons. The van der Waals surface area contributed by atoms with E-state index in [1.807, 2.05) is 24.3 Å². The molecule has 1 aromatic heterocycles. The highest BCUT2D eigenvalue weighted by Gasteiger charge is 2.17. The molecule has 31 heavy (non-hydrogen) atoms. The van der Waals surface area contributed by atoms with Crippen molar-refractivity contribution in [2.75, 3.05) is 27.4 Å². The second-order valence-electron chi connectivity index (χ2n) is 6.63. The molecule has 3 aromatic rings. The number of hydrogen-bond acceptors (Lipinski definition) is 7. The van der Waals surface area contributed by atoms with Crippen LogP contribution in [0, 0.1) is 0 Å². The number of H-pyrrole nitrogens is 1. The molecule has 0 saturated heterocycles. The molecule has 1 aliphatic heterocycles. The van der Waals surface area contributed by atoms with Crippen LogP contribution in [0.5, 0.6) is 23.0 Å². The van der Waals surface area contributed by atoms with Crippen molar-refractivity contribution < 1.29 is 23.7 Å². The van der Waals surface area contributed by atoms with E-state index in [0.717, 1.165) is 16.9 Å². The highest BCUT2D eigenvalue weighted by molar-refractivity contribution is 5.91. The lowest BCUT2D eigenvalue weighted by atomic mass is 10.1. The summed E-state index contributed by atoms with van der Waals surface area (Å²) >= 11 is 0. The van der Waals surface area contributed by atoms with Gasteiger partial charge in [-0.25, -0.2) is 4.98 Å². The molecule has 0 unspecified atom stereocenters. The number of benzene rings is 2. The van der Waals surface area contributed by atoms with Gasteiger partial charge in [0, 0.05) is 11.6 Å². The third-order valence-electron chi connectivity index (χ3n) is 4.59. The fourth-order valence-electron chi connectivity index (χ4n) is 3.03. The van der Waals surface area contributed by atoms with Crippen LogP contribution >= 0.6 is 0 Å². The molecule has 0 aliphatic carbocycles. The van der Waals surface area contributed by atoms with E-state index in [1.165, 1.54) is 6.08 Å². The van der Waals surface area contributed by atoms with Crippen LogP contribution in [0.4, 0.5) is 0 Å². The third-order valence-corrected chi connectivity index (χ3v) is 4.59. The van der Waals surface area contributed by atoms with E-state index in [0.29, 0.717) is 42.1 Å². The first-order valence-corrected chi connectivity index (χ1v) is 9.65. The lowest BCUT2D eigenvalue weighted by molar-refractivity contribution is -0.116. The van der Waals surface area contributed by atoms with Crippen molar-refractivity contribution in [1.29, 1.82) is 0 Å². The van der Waals surface area contributed by atoms with Crippen LogP contribution in [0.2, 0.25) is 0 Å². The van der Waals surface area contributed by atoms with Crippen molar-refractivity contribution in [1.82, 2.24) is 20.5 Å². The van der Waals surface area contributed by atoms with E-state index in [1.54, 1.807) is 32.4 Å². The number of rotatable bonds is 7. The second kappa shape index (κ2) is 9.21. The number of methoxy groups -OCH3 is 2. The lowest BCUT2D eigenvalue weighted by Gasteiger charge is -2.20. The summed E-state index contributed by atoms with van der Waals surface area (Å²) in [6.45, 7) is 1.17.